The summed E-state index contributed by atoms with van der Waals surface area (Å²) < 4.78 is 3.09. The van der Waals surface area contributed by atoms with E-state index < -0.39 is 0 Å². The lowest BCUT2D eigenvalue weighted by Gasteiger charge is -2.23. The lowest BCUT2D eigenvalue weighted by molar-refractivity contribution is 1.04. The molecule has 4 aromatic rings. The summed E-state index contributed by atoms with van der Waals surface area (Å²) in [6, 6.07) is 14.3. The highest BCUT2D eigenvalue weighted by molar-refractivity contribution is 9.10. The lowest BCUT2D eigenvalue weighted by atomic mass is 10.1. The minimum atomic E-state index is 0.698. The number of pyridine rings is 1. The Bertz CT molecular complexity index is 1180. The maximum absolute atomic E-state index is 5.06. The fourth-order valence-corrected chi connectivity index (χ4v) is 4.74. The summed E-state index contributed by atoms with van der Waals surface area (Å²) in [5.41, 5.74) is 13.4. The molecule has 0 aliphatic heterocycles. The number of aryl methyl sites for hydroxylation is 1. The van der Waals surface area contributed by atoms with E-state index in [1.165, 1.54) is 0 Å². The van der Waals surface area contributed by atoms with Crippen LogP contribution in [0.15, 0.2) is 59.2 Å². The maximum atomic E-state index is 5.06. The highest BCUT2D eigenvalue weighted by Crippen LogP contribution is 2.38. The van der Waals surface area contributed by atoms with Gasteiger partial charge in [0.1, 0.15) is 16.3 Å². The predicted molar refractivity (Wildman–Crippen MR) is 125 cm³/mol. The van der Waals surface area contributed by atoms with Crippen LogP contribution in [0, 0.1) is 6.92 Å². The van der Waals surface area contributed by atoms with E-state index in [2.05, 4.69) is 43.3 Å². The molecule has 29 heavy (non-hydrogen) atoms. The van der Waals surface area contributed by atoms with Crippen molar-refractivity contribution in [1.82, 2.24) is 19.8 Å². The number of thiazole rings is 1. The van der Waals surface area contributed by atoms with E-state index in [1.54, 1.807) is 11.3 Å². The number of hydrogen-bond donors (Lipinski definition) is 1. The molecule has 0 unspecified atom stereocenters. The number of hydrogen-bond acceptors (Lipinski definition) is 4. The third-order valence-corrected chi connectivity index (χ3v) is 6.09. The zero-order valence-corrected chi connectivity index (χ0v) is 18.9. The summed E-state index contributed by atoms with van der Waals surface area (Å²) in [6.45, 7) is 6.75. The van der Waals surface area contributed by atoms with E-state index in [9.17, 15) is 0 Å². The number of halogens is 1. The average Bonchev–Trinajstić information content (AvgIpc) is 3.29. The fraction of sp³-hybridized carbons (Fsp3) is 0.182. The van der Waals surface area contributed by atoms with Gasteiger partial charge in [0.2, 0.25) is 0 Å². The first-order chi connectivity index (χ1) is 14.1. The topological polar surface area (TPSA) is 56.3 Å². The number of fused-ring (bicyclic) bond motifs is 1. The van der Waals surface area contributed by atoms with Crippen molar-refractivity contribution in [3.63, 3.8) is 0 Å². The second kappa shape index (κ2) is 8.49. The molecule has 0 aliphatic rings. The van der Waals surface area contributed by atoms with Crippen LogP contribution >= 0.6 is 27.3 Å². The standard InChI is InChI=1S/C22H21BrN5S/c1-4-17(27-24-5-2)21-19(15-9-7-6-8-10-15)26-22(29-21)20-14(3)25-18-12-11-16(23)13-28(18)20/h4,6-13,27H,5H2,1-3H3/q-1. The molecule has 3 heterocycles. The predicted octanol–water partition coefficient (Wildman–Crippen LogP) is 6.45. The second-order valence-electron chi connectivity index (χ2n) is 6.47. The summed E-state index contributed by atoms with van der Waals surface area (Å²) in [7, 11) is 0. The summed E-state index contributed by atoms with van der Waals surface area (Å²) in [6.07, 6.45) is 4.08. The van der Waals surface area contributed by atoms with Crippen LogP contribution < -0.4 is 5.43 Å². The van der Waals surface area contributed by atoms with Crippen LogP contribution in [0.25, 0.3) is 38.7 Å². The van der Waals surface area contributed by atoms with Gasteiger partial charge >= 0.3 is 0 Å². The van der Waals surface area contributed by atoms with Gasteiger partial charge < -0.3 is 10.9 Å². The van der Waals surface area contributed by atoms with Crippen molar-refractivity contribution in [1.29, 1.82) is 0 Å². The number of rotatable bonds is 6. The number of benzene rings is 1. The average molecular weight is 467 g/mol. The van der Waals surface area contributed by atoms with Gasteiger partial charge in [0, 0.05) is 21.9 Å². The van der Waals surface area contributed by atoms with Crippen LogP contribution in [0.1, 0.15) is 24.4 Å². The number of allylic oxidation sites excluding steroid dienone is 1. The first kappa shape index (κ1) is 19.8. The molecule has 1 N–H and O–H groups in total. The largest absolute Gasteiger partial charge is 0.571 e. The van der Waals surface area contributed by atoms with E-state index in [0.717, 1.165) is 48.3 Å². The number of aromatic nitrogens is 3. The van der Waals surface area contributed by atoms with Crippen molar-refractivity contribution in [2.75, 3.05) is 6.54 Å². The summed E-state index contributed by atoms with van der Waals surface area (Å²) in [5.74, 6) is 0. The fourth-order valence-electron chi connectivity index (χ4n) is 3.20. The number of imidazole rings is 1. The van der Waals surface area contributed by atoms with Gasteiger partial charge in [-0.3, -0.25) is 4.40 Å². The van der Waals surface area contributed by atoms with Gasteiger partial charge in [-0.25, -0.2) is 9.97 Å². The molecule has 0 atom stereocenters. The van der Waals surface area contributed by atoms with Crippen LogP contribution in [-0.2, 0) is 0 Å². The maximum Gasteiger partial charge on any atom is 0.143 e. The summed E-state index contributed by atoms with van der Waals surface area (Å²) in [4.78, 5) is 10.8. The molecule has 0 bridgehead atoms. The molecule has 0 saturated carbocycles. The third-order valence-electron chi connectivity index (χ3n) is 4.52. The van der Waals surface area contributed by atoms with Crippen molar-refractivity contribution < 1.29 is 0 Å². The highest BCUT2D eigenvalue weighted by Gasteiger charge is 2.20. The Morgan fingerprint density at radius 2 is 2.00 bits per heavy atom. The molecule has 4 rings (SSSR count). The third kappa shape index (κ3) is 3.85. The van der Waals surface area contributed by atoms with E-state index in [4.69, 9.17) is 9.97 Å². The minimum absolute atomic E-state index is 0.698. The van der Waals surface area contributed by atoms with Gasteiger partial charge in [-0.05, 0) is 41.9 Å². The molecule has 5 nitrogen and oxygen atoms in total. The van der Waals surface area contributed by atoms with Gasteiger partial charge in [-0.1, -0.05) is 43.3 Å². The van der Waals surface area contributed by atoms with Crippen molar-refractivity contribution in [2.24, 2.45) is 0 Å². The van der Waals surface area contributed by atoms with Crippen LogP contribution in [0.2, 0.25) is 0 Å². The molecule has 0 fully saturated rings. The Morgan fingerprint density at radius 1 is 1.21 bits per heavy atom. The number of nitrogens with one attached hydrogen (secondary N) is 1. The first-order valence-corrected chi connectivity index (χ1v) is 11.0. The molecule has 0 aliphatic carbocycles. The molecule has 0 spiro atoms. The first-order valence-electron chi connectivity index (χ1n) is 9.42. The summed E-state index contributed by atoms with van der Waals surface area (Å²) >= 11 is 5.22. The van der Waals surface area contributed by atoms with Gasteiger partial charge in [0.15, 0.2) is 0 Å². The van der Waals surface area contributed by atoms with Crippen molar-refractivity contribution in [2.45, 2.75) is 20.8 Å². The monoisotopic (exact) mass is 466 g/mol. The molecule has 3 aromatic heterocycles. The molecule has 148 valence electrons. The van der Waals surface area contributed by atoms with Crippen LogP contribution in [0.4, 0.5) is 0 Å². The Hall–Kier alpha value is -2.48. The zero-order valence-electron chi connectivity index (χ0n) is 16.5. The quantitative estimate of drug-likeness (QED) is 0.332. The van der Waals surface area contributed by atoms with Gasteiger partial charge in [0.25, 0.3) is 0 Å². The molecular weight excluding hydrogens is 446 g/mol. The molecule has 0 saturated heterocycles. The van der Waals surface area contributed by atoms with Gasteiger partial charge in [-0.2, -0.15) is 0 Å². The van der Waals surface area contributed by atoms with Crippen LogP contribution in [0.3, 0.4) is 0 Å². The molecular formula is C22H21BrN5S-. The SMILES string of the molecule is CC=C(N[N-]CC)c1sc(-c2c(C)nc3ccc(Br)cn23)nc1-c1ccccc1. The Balaban J connectivity index is 1.93. The van der Waals surface area contributed by atoms with Crippen molar-refractivity contribution in [3.05, 3.63) is 75.2 Å². The smallest absolute Gasteiger partial charge is 0.143 e. The second-order valence-corrected chi connectivity index (χ2v) is 8.39. The Kier molecular flexibility index (Phi) is 5.80. The van der Waals surface area contributed by atoms with Crippen LogP contribution in [0.5, 0.6) is 0 Å². The van der Waals surface area contributed by atoms with Gasteiger partial charge in [0.05, 0.1) is 16.3 Å². The van der Waals surface area contributed by atoms with E-state index in [-0.39, 0.29) is 0 Å². The molecule has 0 radical (unpaired) electrons. The lowest BCUT2D eigenvalue weighted by Crippen LogP contribution is -2.06. The highest BCUT2D eigenvalue weighted by atomic mass is 79.9. The summed E-state index contributed by atoms with van der Waals surface area (Å²) in [5, 5.41) is 0.930. The van der Waals surface area contributed by atoms with Gasteiger partial charge in [-0.15, -0.1) is 17.9 Å². The van der Waals surface area contributed by atoms with Crippen LogP contribution in [-0.4, -0.2) is 20.9 Å². The number of nitrogens with zero attached hydrogens (tertiary/aromatic N) is 4. The van der Waals surface area contributed by atoms with E-state index in [1.807, 2.05) is 63.4 Å². The van der Waals surface area contributed by atoms with E-state index >= 15 is 0 Å². The molecule has 7 heteroatoms. The Labute approximate surface area is 182 Å². The van der Waals surface area contributed by atoms with Crippen molar-refractivity contribution >= 4 is 38.6 Å². The van der Waals surface area contributed by atoms with E-state index in [0.29, 0.717) is 6.54 Å². The normalized spacial score (nSPS) is 11.9. The minimum Gasteiger partial charge on any atom is -0.571 e. The Morgan fingerprint density at radius 3 is 2.72 bits per heavy atom. The molecule has 0 amide bonds. The molecule has 1 aromatic carbocycles. The van der Waals surface area contributed by atoms with Crippen molar-refractivity contribution in [3.8, 4) is 22.0 Å². The zero-order chi connectivity index (χ0) is 20.4.